The van der Waals surface area contributed by atoms with E-state index < -0.39 is 10.0 Å². The van der Waals surface area contributed by atoms with Gasteiger partial charge in [0.15, 0.2) is 5.76 Å². The average Bonchev–Trinajstić information content (AvgIpc) is 3.16. The summed E-state index contributed by atoms with van der Waals surface area (Å²) in [5, 5.41) is 7.36. The van der Waals surface area contributed by atoms with E-state index in [4.69, 9.17) is 4.52 Å². The summed E-state index contributed by atoms with van der Waals surface area (Å²) in [4.78, 5) is 14.7. The largest absolute Gasteiger partial charge is 0.360 e. The van der Waals surface area contributed by atoms with Gasteiger partial charge in [-0.2, -0.15) is 4.31 Å². The maximum absolute atomic E-state index is 12.9. The zero-order valence-corrected chi connectivity index (χ0v) is 16.8. The lowest BCUT2D eigenvalue weighted by atomic mass is 9.89. The molecule has 2 bridgehead atoms. The molecule has 1 amide bonds. The van der Waals surface area contributed by atoms with E-state index >= 15 is 0 Å². The zero-order valence-electron chi connectivity index (χ0n) is 16.0. The van der Waals surface area contributed by atoms with E-state index in [9.17, 15) is 13.2 Å². The highest BCUT2D eigenvalue weighted by Crippen LogP contribution is 2.33. The highest BCUT2D eigenvalue weighted by atomic mass is 32.2. The fraction of sp³-hybridized carbons (Fsp3) is 0.778. The summed E-state index contributed by atoms with van der Waals surface area (Å²) in [6.07, 6.45) is 5.22. The fourth-order valence-electron chi connectivity index (χ4n) is 4.87. The molecule has 3 aliphatic rings. The van der Waals surface area contributed by atoms with E-state index in [0.29, 0.717) is 62.1 Å². The first-order valence-electron chi connectivity index (χ1n) is 9.81. The summed E-state index contributed by atoms with van der Waals surface area (Å²) in [7, 11) is -3.63. The molecule has 2 unspecified atom stereocenters. The second-order valence-corrected chi connectivity index (χ2v) is 9.99. The Morgan fingerprint density at radius 1 is 1.15 bits per heavy atom. The average molecular weight is 397 g/mol. The van der Waals surface area contributed by atoms with Crippen molar-refractivity contribution in [2.75, 3.05) is 26.2 Å². The lowest BCUT2D eigenvalue weighted by molar-refractivity contribution is -0.133. The number of aryl methyl sites for hydroxylation is 2. The summed E-state index contributed by atoms with van der Waals surface area (Å²) in [5.41, 5.74) is 0.381. The van der Waals surface area contributed by atoms with E-state index in [1.165, 1.54) is 17.1 Å². The van der Waals surface area contributed by atoms with Gasteiger partial charge in [-0.3, -0.25) is 4.79 Å². The van der Waals surface area contributed by atoms with Crippen molar-refractivity contribution in [1.29, 1.82) is 0 Å². The smallest absolute Gasteiger partial charge is 0.248 e. The molecule has 4 rings (SSSR count). The molecule has 0 radical (unpaired) electrons. The molecular weight excluding hydrogens is 368 g/mol. The summed E-state index contributed by atoms with van der Waals surface area (Å²) in [5.74, 6) is 0.933. The second kappa shape index (κ2) is 7.18. The van der Waals surface area contributed by atoms with Crippen LogP contribution in [0, 0.1) is 19.8 Å². The predicted molar refractivity (Wildman–Crippen MR) is 98.6 cm³/mol. The van der Waals surface area contributed by atoms with E-state index in [0.717, 1.165) is 12.8 Å². The summed E-state index contributed by atoms with van der Waals surface area (Å²) >= 11 is 0. The Bertz CT molecular complexity index is 782. The number of sulfonamides is 1. The van der Waals surface area contributed by atoms with Gasteiger partial charge in [0.05, 0.1) is 0 Å². The second-order valence-electron chi connectivity index (χ2n) is 8.12. The van der Waals surface area contributed by atoms with Crippen LogP contribution < -0.4 is 5.32 Å². The molecule has 1 N–H and O–H groups in total. The molecule has 0 saturated carbocycles. The standard InChI is InChI=1S/C18H28N4O4S/c1-12-18(13(2)26-20-12)27(24,25)22-7-5-21(6-8-22)17(23)11-14-9-15-3-4-16(10-14)19-15/h14-16,19H,3-11H2,1-2H3. The third-order valence-corrected chi connectivity index (χ3v) is 8.33. The van der Waals surface area contributed by atoms with E-state index in [1.54, 1.807) is 13.8 Å². The summed E-state index contributed by atoms with van der Waals surface area (Å²) in [6.45, 7) is 4.76. The van der Waals surface area contributed by atoms with Crippen LogP contribution in [0.4, 0.5) is 0 Å². The van der Waals surface area contributed by atoms with Gasteiger partial charge < -0.3 is 14.7 Å². The van der Waals surface area contributed by atoms with Crippen LogP contribution in [0.15, 0.2) is 9.42 Å². The summed E-state index contributed by atoms with van der Waals surface area (Å²) < 4.78 is 32.2. The molecule has 150 valence electrons. The number of piperidine rings is 1. The molecule has 1 aromatic heterocycles. The van der Waals surface area contributed by atoms with Crippen LogP contribution in [0.1, 0.15) is 43.6 Å². The van der Waals surface area contributed by atoms with Gasteiger partial charge in [0.1, 0.15) is 10.6 Å². The number of aromatic nitrogens is 1. The fourth-order valence-corrected chi connectivity index (χ4v) is 6.58. The van der Waals surface area contributed by atoms with Crippen molar-refractivity contribution in [3.8, 4) is 0 Å². The van der Waals surface area contributed by atoms with Crippen LogP contribution >= 0.6 is 0 Å². The van der Waals surface area contributed by atoms with Crippen molar-refractivity contribution in [3.05, 3.63) is 11.5 Å². The SMILES string of the molecule is Cc1noc(C)c1S(=O)(=O)N1CCN(C(=O)CC2CC3CCC(C2)N3)CC1. The minimum absolute atomic E-state index is 0.160. The molecular formula is C18H28N4O4S. The number of hydrogen-bond donors (Lipinski definition) is 1. The van der Waals surface area contributed by atoms with Gasteiger partial charge in [-0.25, -0.2) is 8.42 Å². The Kier molecular flexibility index (Phi) is 5.02. The Hall–Kier alpha value is -1.45. The molecule has 9 heteroatoms. The van der Waals surface area contributed by atoms with Gasteiger partial charge in [-0.15, -0.1) is 0 Å². The molecule has 3 saturated heterocycles. The Morgan fingerprint density at radius 3 is 2.33 bits per heavy atom. The molecule has 3 fully saturated rings. The number of hydrogen-bond acceptors (Lipinski definition) is 6. The monoisotopic (exact) mass is 396 g/mol. The van der Waals surface area contributed by atoms with Crippen molar-refractivity contribution in [3.63, 3.8) is 0 Å². The van der Waals surface area contributed by atoms with Crippen LogP contribution in [-0.4, -0.2) is 66.9 Å². The first kappa shape index (κ1) is 18.9. The van der Waals surface area contributed by atoms with Gasteiger partial charge in [-0.05, 0) is 45.4 Å². The molecule has 8 nitrogen and oxygen atoms in total. The van der Waals surface area contributed by atoms with Gasteiger partial charge >= 0.3 is 0 Å². The van der Waals surface area contributed by atoms with Gasteiger partial charge in [0, 0.05) is 44.7 Å². The van der Waals surface area contributed by atoms with Crippen molar-refractivity contribution in [2.45, 2.75) is 62.9 Å². The molecule has 27 heavy (non-hydrogen) atoms. The lowest BCUT2D eigenvalue weighted by Gasteiger charge is -2.35. The molecule has 3 aliphatic heterocycles. The Labute approximate surface area is 160 Å². The number of amides is 1. The van der Waals surface area contributed by atoms with Crippen LogP contribution in [0.3, 0.4) is 0 Å². The van der Waals surface area contributed by atoms with Gasteiger partial charge in [0.2, 0.25) is 15.9 Å². The number of carbonyl (C=O) groups excluding carboxylic acids is 1. The topological polar surface area (TPSA) is 95.8 Å². The van der Waals surface area contributed by atoms with Crippen molar-refractivity contribution in [2.24, 2.45) is 5.92 Å². The van der Waals surface area contributed by atoms with E-state index in [1.807, 2.05) is 4.90 Å². The highest BCUT2D eigenvalue weighted by Gasteiger charge is 2.37. The Morgan fingerprint density at radius 2 is 1.78 bits per heavy atom. The quantitative estimate of drug-likeness (QED) is 0.817. The third kappa shape index (κ3) is 3.64. The number of nitrogens with one attached hydrogen (secondary N) is 1. The number of carbonyl (C=O) groups is 1. The van der Waals surface area contributed by atoms with Crippen molar-refractivity contribution in [1.82, 2.24) is 19.7 Å². The van der Waals surface area contributed by atoms with Gasteiger partial charge in [0.25, 0.3) is 0 Å². The maximum Gasteiger partial charge on any atom is 0.248 e. The Balaban J connectivity index is 1.34. The maximum atomic E-state index is 12.9. The van der Waals surface area contributed by atoms with Crippen molar-refractivity contribution >= 4 is 15.9 Å². The molecule has 1 aromatic rings. The number of piperazine rings is 1. The predicted octanol–water partition coefficient (Wildman–Crippen LogP) is 1.05. The zero-order chi connectivity index (χ0) is 19.2. The molecule has 4 heterocycles. The van der Waals surface area contributed by atoms with Gasteiger partial charge in [-0.1, -0.05) is 5.16 Å². The van der Waals surface area contributed by atoms with Crippen molar-refractivity contribution < 1.29 is 17.7 Å². The molecule has 0 aliphatic carbocycles. The molecule has 0 aromatic carbocycles. The van der Waals surface area contributed by atoms with Crippen LogP contribution in [-0.2, 0) is 14.8 Å². The number of rotatable bonds is 4. The summed E-state index contributed by atoms with van der Waals surface area (Å²) in [6, 6.07) is 1.16. The van der Waals surface area contributed by atoms with Crippen LogP contribution in [0.5, 0.6) is 0 Å². The van der Waals surface area contributed by atoms with E-state index in [-0.39, 0.29) is 10.8 Å². The molecule has 0 spiro atoms. The van der Waals surface area contributed by atoms with Crippen LogP contribution in [0.2, 0.25) is 0 Å². The number of fused-ring (bicyclic) bond motifs is 2. The minimum Gasteiger partial charge on any atom is -0.360 e. The molecule has 2 atom stereocenters. The highest BCUT2D eigenvalue weighted by molar-refractivity contribution is 7.89. The number of nitrogens with zero attached hydrogens (tertiary/aromatic N) is 3. The first-order chi connectivity index (χ1) is 12.8. The first-order valence-corrected chi connectivity index (χ1v) is 11.3. The normalized spacial score (nSPS) is 29.3. The minimum atomic E-state index is -3.63. The lowest BCUT2D eigenvalue weighted by Crippen LogP contribution is -2.51. The third-order valence-electron chi connectivity index (χ3n) is 6.19. The van der Waals surface area contributed by atoms with Crippen LogP contribution in [0.25, 0.3) is 0 Å². The van der Waals surface area contributed by atoms with E-state index in [2.05, 4.69) is 10.5 Å².